The first kappa shape index (κ1) is 15.1. The largest absolute Gasteiger partial charge is 0.316 e. The van der Waals surface area contributed by atoms with Crippen LogP contribution < -0.4 is 5.32 Å². The molecule has 1 atom stereocenters. The summed E-state index contributed by atoms with van der Waals surface area (Å²) in [6.07, 6.45) is 6.88. The third kappa shape index (κ3) is 3.51. The molecule has 0 aromatic heterocycles. The molecule has 2 aliphatic rings. The molecular formula is C20H31N. The Morgan fingerprint density at radius 1 is 0.905 bits per heavy atom. The Labute approximate surface area is 130 Å². The van der Waals surface area contributed by atoms with Crippen LogP contribution in [-0.4, -0.2) is 13.1 Å². The van der Waals surface area contributed by atoms with E-state index in [2.05, 4.69) is 50.4 Å². The number of benzene rings is 1. The Kier molecular flexibility index (Phi) is 4.40. The highest BCUT2D eigenvalue weighted by Crippen LogP contribution is 2.43. The molecule has 2 fully saturated rings. The van der Waals surface area contributed by atoms with E-state index in [1.54, 1.807) is 11.1 Å². The van der Waals surface area contributed by atoms with Gasteiger partial charge in [0.05, 0.1) is 0 Å². The van der Waals surface area contributed by atoms with Gasteiger partial charge in [-0.2, -0.15) is 0 Å². The molecule has 0 spiro atoms. The molecule has 0 bridgehead atoms. The summed E-state index contributed by atoms with van der Waals surface area (Å²) in [6, 6.07) is 9.51. The molecule has 1 aromatic rings. The maximum Gasteiger partial charge on any atom is 0.00206 e. The van der Waals surface area contributed by atoms with Gasteiger partial charge in [-0.25, -0.2) is 0 Å². The van der Waals surface area contributed by atoms with Crippen molar-refractivity contribution in [3.63, 3.8) is 0 Å². The summed E-state index contributed by atoms with van der Waals surface area (Å²) in [7, 11) is 0. The molecule has 3 rings (SSSR count). The molecule has 1 heterocycles. The van der Waals surface area contributed by atoms with Crippen LogP contribution in [0.5, 0.6) is 0 Å². The van der Waals surface area contributed by atoms with Crippen LogP contribution in [0.4, 0.5) is 0 Å². The lowest BCUT2D eigenvalue weighted by atomic mass is 9.68. The normalized spacial score (nSPS) is 30.5. The van der Waals surface area contributed by atoms with E-state index in [1.165, 1.54) is 45.2 Å². The predicted octanol–water partition coefficient (Wildman–Crippen LogP) is 5.08. The Morgan fingerprint density at radius 3 is 2.14 bits per heavy atom. The van der Waals surface area contributed by atoms with E-state index >= 15 is 0 Å². The topological polar surface area (TPSA) is 12.0 Å². The predicted molar refractivity (Wildman–Crippen MR) is 90.8 cm³/mol. The van der Waals surface area contributed by atoms with Crippen LogP contribution in [0.25, 0.3) is 0 Å². The summed E-state index contributed by atoms with van der Waals surface area (Å²) in [4.78, 5) is 0. The zero-order valence-corrected chi connectivity index (χ0v) is 14.0. The molecule has 1 unspecified atom stereocenters. The van der Waals surface area contributed by atoms with Crippen molar-refractivity contribution in [3.8, 4) is 0 Å². The Morgan fingerprint density at radius 2 is 1.57 bits per heavy atom. The van der Waals surface area contributed by atoms with Gasteiger partial charge in [0, 0.05) is 6.54 Å². The van der Waals surface area contributed by atoms with Crippen LogP contribution in [0.2, 0.25) is 0 Å². The Hall–Kier alpha value is -0.820. The second-order valence-corrected chi connectivity index (χ2v) is 8.27. The molecule has 1 N–H and O–H groups in total. The van der Waals surface area contributed by atoms with Crippen molar-refractivity contribution in [3.05, 3.63) is 35.4 Å². The molecule has 1 saturated carbocycles. The third-order valence-corrected chi connectivity index (χ3v) is 5.87. The van der Waals surface area contributed by atoms with Gasteiger partial charge >= 0.3 is 0 Å². The first-order chi connectivity index (χ1) is 10.0. The second kappa shape index (κ2) is 6.12. The van der Waals surface area contributed by atoms with Gasteiger partial charge in [0.15, 0.2) is 0 Å². The van der Waals surface area contributed by atoms with Crippen LogP contribution in [0.3, 0.4) is 0 Å². The van der Waals surface area contributed by atoms with E-state index in [9.17, 15) is 0 Å². The first-order valence-electron chi connectivity index (χ1n) is 8.84. The second-order valence-electron chi connectivity index (χ2n) is 8.27. The van der Waals surface area contributed by atoms with Gasteiger partial charge in [-0.15, -0.1) is 0 Å². The van der Waals surface area contributed by atoms with Crippen molar-refractivity contribution in [1.82, 2.24) is 5.32 Å². The van der Waals surface area contributed by atoms with E-state index in [0.29, 0.717) is 5.41 Å². The lowest BCUT2D eigenvalue weighted by Crippen LogP contribution is -2.25. The van der Waals surface area contributed by atoms with Gasteiger partial charge < -0.3 is 5.32 Å². The van der Waals surface area contributed by atoms with Crippen LogP contribution in [0.15, 0.2) is 24.3 Å². The minimum absolute atomic E-state index is 0.488. The molecule has 0 radical (unpaired) electrons. The van der Waals surface area contributed by atoms with Crippen LogP contribution in [0.1, 0.15) is 75.8 Å². The molecule has 0 amide bonds. The fraction of sp³-hybridized carbons (Fsp3) is 0.700. The van der Waals surface area contributed by atoms with Crippen molar-refractivity contribution in [1.29, 1.82) is 0 Å². The molecule has 1 aliphatic heterocycles. The number of hydrogen-bond acceptors (Lipinski definition) is 1. The molecular weight excluding hydrogens is 254 g/mol. The molecule has 1 aliphatic carbocycles. The van der Waals surface area contributed by atoms with E-state index < -0.39 is 0 Å². The van der Waals surface area contributed by atoms with Crippen LogP contribution in [-0.2, 0) is 0 Å². The van der Waals surface area contributed by atoms with Crippen molar-refractivity contribution in [2.45, 2.75) is 64.7 Å². The maximum atomic E-state index is 3.49. The van der Waals surface area contributed by atoms with Crippen molar-refractivity contribution in [2.24, 2.45) is 11.3 Å². The highest BCUT2D eigenvalue weighted by Gasteiger charge is 2.30. The van der Waals surface area contributed by atoms with Gasteiger partial charge in [-0.3, -0.25) is 0 Å². The van der Waals surface area contributed by atoms with E-state index in [4.69, 9.17) is 0 Å². The van der Waals surface area contributed by atoms with Gasteiger partial charge in [0.25, 0.3) is 0 Å². The minimum atomic E-state index is 0.488. The van der Waals surface area contributed by atoms with Gasteiger partial charge in [-0.1, -0.05) is 45.0 Å². The Balaban J connectivity index is 1.66. The fourth-order valence-corrected chi connectivity index (χ4v) is 4.30. The molecule has 21 heavy (non-hydrogen) atoms. The maximum absolute atomic E-state index is 3.49. The molecule has 1 heteroatoms. The zero-order valence-electron chi connectivity index (χ0n) is 14.0. The standard InChI is InChI=1S/C20H31N/c1-20(2,3)19-9-7-15(8-10-19)16-5-4-6-17(13-16)18-11-12-21-14-18/h4-6,13,15,18-19,21H,7-12,14H2,1-3H3. The number of nitrogens with one attached hydrogen (secondary N) is 1. The number of hydrogen-bond donors (Lipinski definition) is 1. The summed E-state index contributed by atoms with van der Waals surface area (Å²) in [6.45, 7) is 9.58. The average molecular weight is 285 g/mol. The van der Waals surface area contributed by atoms with Gasteiger partial charge in [-0.05, 0) is 72.9 Å². The lowest BCUT2D eigenvalue weighted by Gasteiger charge is -2.37. The summed E-state index contributed by atoms with van der Waals surface area (Å²) in [5.74, 6) is 2.46. The molecule has 116 valence electrons. The average Bonchev–Trinajstić information content (AvgIpc) is 3.01. The first-order valence-corrected chi connectivity index (χ1v) is 8.84. The minimum Gasteiger partial charge on any atom is -0.316 e. The zero-order chi connectivity index (χ0) is 14.9. The van der Waals surface area contributed by atoms with Crippen molar-refractivity contribution >= 4 is 0 Å². The summed E-state index contributed by atoms with van der Waals surface area (Å²) in [5, 5.41) is 3.49. The number of rotatable bonds is 2. The molecule has 1 nitrogen and oxygen atoms in total. The highest BCUT2D eigenvalue weighted by atomic mass is 14.9. The smallest absolute Gasteiger partial charge is 0.00206 e. The van der Waals surface area contributed by atoms with E-state index in [0.717, 1.165) is 17.8 Å². The highest BCUT2D eigenvalue weighted by molar-refractivity contribution is 5.30. The Bertz CT molecular complexity index is 457. The van der Waals surface area contributed by atoms with Crippen molar-refractivity contribution in [2.75, 3.05) is 13.1 Å². The summed E-state index contributed by atoms with van der Waals surface area (Å²) in [5.41, 5.74) is 3.66. The SMILES string of the molecule is CC(C)(C)C1CCC(c2cccc(C3CCNC3)c2)CC1. The summed E-state index contributed by atoms with van der Waals surface area (Å²) >= 11 is 0. The van der Waals surface area contributed by atoms with Crippen molar-refractivity contribution < 1.29 is 0 Å². The fourth-order valence-electron chi connectivity index (χ4n) is 4.30. The summed E-state index contributed by atoms with van der Waals surface area (Å²) < 4.78 is 0. The van der Waals surface area contributed by atoms with Gasteiger partial charge in [0.1, 0.15) is 0 Å². The van der Waals surface area contributed by atoms with Crippen LogP contribution in [0, 0.1) is 11.3 Å². The van der Waals surface area contributed by atoms with E-state index in [1.807, 2.05) is 0 Å². The van der Waals surface area contributed by atoms with Gasteiger partial charge in [0.2, 0.25) is 0 Å². The molecule has 1 saturated heterocycles. The van der Waals surface area contributed by atoms with E-state index in [-0.39, 0.29) is 0 Å². The molecule has 1 aromatic carbocycles. The lowest BCUT2D eigenvalue weighted by molar-refractivity contribution is 0.169. The third-order valence-electron chi connectivity index (χ3n) is 5.87. The quantitative estimate of drug-likeness (QED) is 0.798. The monoisotopic (exact) mass is 285 g/mol. The van der Waals surface area contributed by atoms with Crippen LogP contribution >= 0.6 is 0 Å².